The molecular weight excluding hydrogens is 281 g/mol. The molecule has 0 spiro atoms. The second-order valence-corrected chi connectivity index (χ2v) is 5.16. The van der Waals surface area contributed by atoms with Gasteiger partial charge < -0.3 is 10.3 Å². The zero-order valence-electron chi connectivity index (χ0n) is 12.0. The van der Waals surface area contributed by atoms with Crippen LogP contribution in [0.5, 0.6) is 0 Å². The van der Waals surface area contributed by atoms with Gasteiger partial charge >= 0.3 is 0 Å². The number of halogens is 1. The summed E-state index contributed by atoms with van der Waals surface area (Å²) >= 11 is 0. The smallest absolute Gasteiger partial charge is 0.224 e. The van der Waals surface area contributed by atoms with Gasteiger partial charge in [-0.05, 0) is 41.8 Å². The molecule has 3 aromatic rings. The van der Waals surface area contributed by atoms with Crippen LogP contribution < -0.4 is 5.32 Å². The lowest BCUT2D eigenvalue weighted by Gasteiger charge is -2.06. The first-order valence-electron chi connectivity index (χ1n) is 7.14. The number of fused-ring (bicyclic) bond motifs is 1. The van der Waals surface area contributed by atoms with E-state index in [1.54, 1.807) is 18.5 Å². The van der Waals surface area contributed by atoms with Crippen LogP contribution in [-0.2, 0) is 17.6 Å². The van der Waals surface area contributed by atoms with Crippen LogP contribution in [0, 0.1) is 5.82 Å². The van der Waals surface area contributed by atoms with E-state index in [1.165, 1.54) is 12.1 Å². The van der Waals surface area contributed by atoms with Gasteiger partial charge in [-0.2, -0.15) is 0 Å². The van der Waals surface area contributed by atoms with Gasteiger partial charge in [-0.3, -0.25) is 4.79 Å². The van der Waals surface area contributed by atoms with Gasteiger partial charge in [-0.25, -0.2) is 9.37 Å². The van der Waals surface area contributed by atoms with Crippen LogP contribution in [0.1, 0.15) is 11.1 Å². The van der Waals surface area contributed by atoms with E-state index in [1.807, 2.05) is 18.2 Å². The van der Waals surface area contributed by atoms with Crippen molar-refractivity contribution in [2.24, 2.45) is 0 Å². The molecule has 1 aromatic heterocycles. The molecule has 1 heterocycles. The second kappa shape index (κ2) is 6.39. The fraction of sp³-hybridized carbons (Fsp3) is 0.176. The van der Waals surface area contributed by atoms with Gasteiger partial charge in [-0.15, -0.1) is 0 Å². The Labute approximate surface area is 127 Å². The number of amides is 1. The molecule has 3 rings (SSSR count). The molecule has 0 saturated carbocycles. The maximum Gasteiger partial charge on any atom is 0.224 e. The van der Waals surface area contributed by atoms with E-state index in [2.05, 4.69) is 15.3 Å². The number of H-pyrrole nitrogens is 1. The minimum Gasteiger partial charge on any atom is -0.355 e. The van der Waals surface area contributed by atoms with Crippen molar-refractivity contribution in [1.82, 2.24) is 15.3 Å². The highest BCUT2D eigenvalue weighted by Gasteiger charge is 2.04. The Balaban J connectivity index is 1.50. The predicted octanol–water partition coefficient (Wildman–Crippen LogP) is 2.60. The molecule has 0 aliphatic carbocycles. The molecule has 0 aliphatic rings. The number of rotatable bonds is 5. The minimum absolute atomic E-state index is 0.104. The van der Waals surface area contributed by atoms with Crippen LogP contribution in [0.4, 0.5) is 4.39 Å². The Hall–Kier alpha value is -2.69. The highest BCUT2D eigenvalue weighted by molar-refractivity contribution is 5.78. The Morgan fingerprint density at radius 1 is 1.18 bits per heavy atom. The Morgan fingerprint density at radius 2 is 2.09 bits per heavy atom. The molecule has 0 bridgehead atoms. The zero-order valence-corrected chi connectivity index (χ0v) is 12.0. The fourth-order valence-corrected chi connectivity index (χ4v) is 2.38. The van der Waals surface area contributed by atoms with Crippen LogP contribution in [0.15, 0.2) is 48.8 Å². The lowest BCUT2D eigenvalue weighted by atomic mass is 10.1. The van der Waals surface area contributed by atoms with E-state index in [4.69, 9.17) is 0 Å². The van der Waals surface area contributed by atoms with Crippen LogP contribution in [-0.4, -0.2) is 22.4 Å². The van der Waals surface area contributed by atoms with E-state index in [0.29, 0.717) is 12.1 Å². The van der Waals surface area contributed by atoms with Crippen LogP contribution in [0.3, 0.4) is 0 Å². The van der Waals surface area contributed by atoms with Crippen molar-refractivity contribution in [3.8, 4) is 0 Å². The van der Waals surface area contributed by atoms with Gasteiger partial charge in [0.15, 0.2) is 0 Å². The lowest BCUT2D eigenvalue weighted by Crippen LogP contribution is -2.27. The van der Waals surface area contributed by atoms with E-state index in [9.17, 15) is 9.18 Å². The van der Waals surface area contributed by atoms with Crippen molar-refractivity contribution in [1.29, 1.82) is 0 Å². The maximum absolute atomic E-state index is 13.1. The number of aromatic amines is 1. The standard InChI is InChI=1S/C17H16FN3O/c18-14-3-1-2-13(8-14)10-17(22)19-7-6-12-4-5-15-16(9-12)21-11-20-15/h1-5,8-9,11H,6-7,10H2,(H,19,22)(H,20,21). The molecule has 4 nitrogen and oxygen atoms in total. The Kier molecular flexibility index (Phi) is 4.14. The molecule has 22 heavy (non-hydrogen) atoms. The van der Waals surface area contributed by atoms with Gasteiger partial charge in [-0.1, -0.05) is 18.2 Å². The number of carbonyl (C=O) groups excluding carboxylic acids is 1. The van der Waals surface area contributed by atoms with Crippen molar-refractivity contribution in [2.45, 2.75) is 12.8 Å². The highest BCUT2D eigenvalue weighted by Crippen LogP contribution is 2.11. The maximum atomic E-state index is 13.1. The molecular formula is C17H16FN3O. The third kappa shape index (κ3) is 3.49. The number of nitrogens with zero attached hydrogens (tertiary/aromatic N) is 1. The van der Waals surface area contributed by atoms with E-state index < -0.39 is 0 Å². The van der Waals surface area contributed by atoms with E-state index in [0.717, 1.165) is 23.0 Å². The molecule has 0 fully saturated rings. The number of nitrogens with one attached hydrogen (secondary N) is 2. The van der Waals surface area contributed by atoms with E-state index >= 15 is 0 Å². The molecule has 0 unspecified atom stereocenters. The lowest BCUT2D eigenvalue weighted by molar-refractivity contribution is -0.120. The number of carbonyl (C=O) groups is 1. The molecule has 5 heteroatoms. The van der Waals surface area contributed by atoms with Crippen LogP contribution >= 0.6 is 0 Å². The van der Waals surface area contributed by atoms with Crippen molar-refractivity contribution < 1.29 is 9.18 Å². The minimum atomic E-state index is -0.321. The summed E-state index contributed by atoms with van der Waals surface area (Å²) in [4.78, 5) is 19.1. The highest BCUT2D eigenvalue weighted by atomic mass is 19.1. The summed E-state index contributed by atoms with van der Waals surface area (Å²) < 4.78 is 13.1. The van der Waals surface area contributed by atoms with Crippen molar-refractivity contribution in [3.63, 3.8) is 0 Å². The Morgan fingerprint density at radius 3 is 2.95 bits per heavy atom. The quantitative estimate of drug-likeness (QED) is 0.760. The molecule has 1 amide bonds. The fourth-order valence-electron chi connectivity index (χ4n) is 2.38. The summed E-state index contributed by atoms with van der Waals surface area (Å²) in [5.74, 6) is -0.425. The average molecular weight is 297 g/mol. The van der Waals surface area contributed by atoms with Crippen LogP contribution in [0.25, 0.3) is 11.0 Å². The first-order chi connectivity index (χ1) is 10.7. The first kappa shape index (κ1) is 14.3. The summed E-state index contributed by atoms with van der Waals surface area (Å²) in [5, 5.41) is 2.85. The number of hydrogen-bond acceptors (Lipinski definition) is 2. The van der Waals surface area contributed by atoms with Gasteiger partial charge in [0.2, 0.25) is 5.91 Å². The molecule has 0 atom stereocenters. The number of imidazole rings is 1. The summed E-state index contributed by atoms with van der Waals surface area (Å²) in [7, 11) is 0. The van der Waals surface area contributed by atoms with Crippen molar-refractivity contribution >= 4 is 16.9 Å². The topological polar surface area (TPSA) is 57.8 Å². The van der Waals surface area contributed by atoms with Gasteiger partial charge in [0.05, 0.1) is 23.8 Å². The summed E-state index contributed by atoms with van der Waals surface area (Å²) in [6, 6.07) is 12.1. The Bertz CT molecular complexity index is 797. The molecule has 0 radical (unpaired) electrons. The number of aromatic nitrogens is 2. The third-order valence-corrected chi connectivity index (χ3v) is 3.47. The second-order valence-electron chi connectivity index (χ2n) is 5.16. The van der Waals surface area contributed by atoms with Crippen LogP contribution in [0.2, 0.25) is 0 Å². The normalized spacial score (nSPS) is 10.8. The summed E-state index contributed by atoms with van der Waals surface area (Å²) in [5.41, 5.74) is 3.72. The largest absolute Gasteiger partial charge is 0.355 e. The van der Waals surface area contributed by atoms with Crippen molar-refractivity contribution in [3.05, 3.63) is 65.7 Å². The number of hydrogen-bond donors (Lipinski definition) is 2. The van der Waals surface area contributed by atoms with Crippen molar-refractivity contribution in [2.75, 3.05) is 6.54 Å². The predicted molar refractivity (Wildman–Crippen MR) is 82.9 cm³/mol. The summed E-state index contributed by atoms with van der Waals surface area (Å²) in [6.07, 6.45) is 2.59. The van der Waals surface area contributed by atoms with Gasteiger partial charge in [0.25, 0.3) is 0 Å². The molecule has 2 N–H and O–H groups in total. The molecule has 0 saturated heterocycles. The molecule has 112 valence electrons. The summed E-state index contributed by atoms with van der Waals surface area (Å²) in [6.45, 7) is 0.549. The first-order valence-corrected chi connectivity index (χ1v) is 7.14. The van der Waals surface area contributed by atoms with Gasteiger partial charge in [0, 0.05) is 6.54 Å². The zero-order chi connectivity index (χ0) is 15.4. The average Bonchev–Trinajstić information content (AvgIpc) is 2.95. The SMILES string of the molecule is O=C(Cc1cccc(F)c1)NCCc1ccc2nc[nH]c2c1. The number of benzene rings is 2. The molecule has 2 aromatic carbocycles. The van der Waals surface area contributed by atoms with E-state index in [-0.39, 0.29) is 18.1 Å². The third-order valence-electron chi connectivity index (χ3n) is 3.47. The molecule has 0 aliphatic heterocycles. The monoisotopic (exact) mass is 297 g/mol. The van der Waals surface area contributed by atoms with Gasteiger partial charge in [0.1, 0.15) is 5.82 Å².